The fourth-order valence-electron chi connectivity index (χ4n) is 2.63. The maximum Gasteiger partial charge on any atom is 0.245 e. The van der Waals surface area contributed by atoms with E-state index in [9.17, 15) is 13.5 Å². The summed E-state index contributed by atoms with van der Waals surface area (Å²) in [6, 6.07) is 10.1. The lowest BCUT2D eigenvalue weighted by Gasteiger charge is -2.26. The van der Waals surface area contributed by atoms with Gasteiger partial charge in [-0.05, 0) is 42.8 Å². The first-order valence-corrected chi connectivity index (χ1v) is 10.3. The second-order valence-corrected chi connectivity index (χ2v) is 8.77. The van der Waals surface area contributed by atoms with Gasteiger partial charge in [0.05, 0.1) is 18.9 Å². The highest BCUT2D eigenvalue weighted by Crippen LogP contribution is 2.29. The summed E-state index contributed by atoms with van der Waals surface area (Å²) in [5.41, 5.74) is 1.66. The number of aryl methyl sites for hydroxylation is 1. The molecule has 1 fully saturated rings. The highest BCUT2D eigenvalue weighted by Gasteiger charge is 2.28. The van der Waals surface area contributed by atoms with Crippen molar-refractivity contribution in [1.29, 1.82) is 0 Å². The van der Waals surface area contributed by atoms with Gasteiger partial charge in [0.15, 0.2) is 0 Å². The van der Waals surface area contributed by atoms with Crippen LogP contribution in [-0.2, 0) is 14.8 Å². The molecule has 1 aliphatic heterocycles. The highest BCUT2D eigenvalue weighted by molar-refractivity contribution is 9.10. The Morgan fingerprint density at radius 2 is 1.92 bits per heavy atom. The van der Waals surface area contributed by atoms with E-state index in [1.54, 1.807) is 30.3 Å². The molecule has 8 heteroatoms. The number of hydrogen-bond acceptors (Lipinski definition) is 5. The monoisotopic (exact) mass is 438 g/mol. The lowest BCUT2D eigenvalue weighted by Crippen LogP contribution is -2.40. The Morgan fingerprint density at radius 3 is 2.65 bits per heavy atom. The van der Waals surface area contributed by atoms with Gasteiger partial charge in [0.2, 0.25) is 10.0 Å². The Labute approximate surface area is 161 Å². The molecule has 1 N–H and O–H groups in total. The van der Waals surface area contributed by atoms with E-state index < -0.39 is 10.0 Å². The summed E-state index contributed by atoms with van der Waals surface area (Å²) in [7, 11) is -3.67. The van der Waals surface area contributed by atoms with Crippen LogP contribution in [0.3, 0.4) is 0 Å². The zero-order valence-electron chi connectivity index (χ0n) is 14.2. The fourth-order valence-corrected chi connectivity index (χ4v) is 4.64. The Balaban J connectivity index is 2.01. The summed E-state index contributed by atoms with van der Waals surface area (Å²) in [6.45, 7) is 3.26. The van der Waals surface area contributed by atoms with Crippen LogP contribution >= 0.6 is 15.9 Å². The van der Waals surface area contributed by atoms with E-state index in [4.69, 9.17) is 4.74 Å². The third-order valence-electron chi connectivity index (χ3n) is 4.04. The minimum absolute atomic E-state index is 0.0710. The molecule has 0 spiro atoms. The van der Waals surface area contributed by atoms with E-state index in [2.05, 4.69) is 20.9 Å². The minimum Gasteiger partial charge on any atom is -0.507 e. The van der Waals surface area contributed by atoms with Gasteiger partial charge in [0.1, 0.15) is 10.6 Å². The number of morpholine rings is 1. The first-order valence-electron chi connectivity index (χ1n) is 8.09. The molecule has 3 rings (SSSR count). The maximum absolute atomic E-state index is 13.0. The molecule has 26 heavy (non-hydrogen) atoms. The van der Waals surface area contributed by atoms with Crippen LogP contribution in [0.4, 0.5) is 5.69 Å². The zero-order valence-corrected chi connectivity index (χ0v) is 16.6. The van der Waals surface area contributed by atoms with E-state index in [0.29, 0.717) is 37.6 Å². The number of halogens is 1. The van der Waals surface area contributed by atoms with Crippen LogP contribution in [0.15, 0.2) is 50.8 Å². The van der Waals surface area contributed by atoms with Crippen molar-refractivity contribution in [2.75, 3.05) is 26.3 Å². The molecule has 0 radical (unpaired) electrons. The van der Waals surface area contributed by atoms with E-state index in [1.807, 2.05) is 13.0 Å². The number of aromatic hydroxyl groups is 1. The SMILES string of the molecule is Cc1ccc(N=Cc2cc(Br)ccc2O)c(S(=O)(=O)N2CCOCC2)c1. The molecular formula is C18H19BrN2O4S. The molecule has 0 amide bonds. The van der Waals surface area contributed by atoms with Crippen LogP contribution in [0.1, 0.15) is 11.1 Å². The van der Waals surface area contributed by atoms with E-state index >= 15 is 0 Å². The molecular weight excluding hydrogens is 420 g/mol. The fraction of sp³-hybridized carbons (Fsp3) is 0.278. The largest absolute Gasteiger partial charge is 0.507 e. The number of sulfonamides is 1. The van der Waals surface area contributed by atoms with Crippen molar-refractivity contribution in [3.63, 3.8) is 0 Å². The van der Waals surface area contributed by atoms with Gasteiger partial charge < -0.3 is 9.84 Å². The van der Waals surface area contributed by atoms with Crippen LogP contribution in [0, 0.1) is 6.92 Å². The second kappa shape index (κ2) is 7.87. The van der Waals surface area contributed by atoms with Crippen molar-refractivity contribution < 1.29 is 18.3 Å². The quantitative estimate of drug-likeness (QED) is 0.742. The van der Waals surface area contributed by atoms with Crippen LogP contribution in [-0.4, -0.2) is 50.3 Å². The maximum atomic E-state index is 13.0. The first kappa shape index (κ1) is 19.0. The summed E-state index contributed by atoms with van der Waals surface area (Å²) < 4.78 is 33.5. The molecule has 1 aliphatic rings. The molecule has 2 aromatic carbocycles. The van der Waals surface area contributed by atoms with Gasteiger partial charge in [-0.15, -0.1) is 0 Å². The normalized spacial score (nSPS) is 16.2. The Morgan fingerprint density at radius 1 is 1.19 bits per heavy atom. The van der Waals surface area contributed by atoms with Crippen molar-refractivity contribution in [3.05, 3.63) is 52.0 Å². The van der Waals surface area contributed by atoms with Crippen LogP contribution < -0.4 is 0 Å². The van der Waals surface area contributed by atoms with Crippen LogP contribution in [0.2, 0.25) is 0 Å². The lowest BCUT2D eigenvalue weighted by molar-refractivity contribution is 0.0730. The molecule has 1 saturated heterocycles. The van der Waals surface area contributed by atoms with E-state index in [1.165, 1.54) is 10.5 Å². The third-order valence-corrected chi connectivity index (χ3v) is 6.46. The number of aliphatic imine (C=N–C) groups is 1. The topological polar surface area (TPSA) is 79.2 Å². The molecule has 6 nitrogen and oxygen atoms in total. The van der Waals surface area contributed by atoms with Gasteiger partial charge in [-0.2, -0.15) is 4.31 Å². The molecule has 0 aliphatic carbocycles. The van der Waals surface area contributed by atoms with Crippen molar-refractivity contribution in [2.45, 2.75) is 11.8 Å². The Hall–Kier alpha value is -1.74. The zero-order chi connectivity index (χ0) is 18.7. The highest BCUT2D eigenvalue weighted by atomic mass is 79.9. The Kier molecular flexibility index (Phi) is 5.76. The average molecular weight is 439 g/mol. The van der Waals surface area contributed by atoms with Crippen molar-refractivity contribution in [2.24, 2.45) is 4.99 Å². The van der Waals surface area contributed by atoms with Gasteiger partial charge in [0.25, 0.3) is 0 Å². The van der Waals surface area contributed by atoms with Crippen molar-refractivity contribution in [1.82, 2.24) is 4.31 Å². The summed E-state index contributed by atoms with van der Waals surface area (Å²) in [6.07, 6.45) is 1.46. The summed E-state index contributed by atoms with van der Waals surface area (Å²) >= 11 is 3.34. The number of phenolic OH excluding ortho intramolecular Hbond substituents is 1. The standard InChI is InChI=1S/C18H19BrN2O4S/c1-13-2-4-16(20-12-14-11-15(19)3-5-17(14)22)18(10-13)26(23,24)21-6-8-25-9-7-21/h2-5,10-12,22H,6-9H2,1H3. The summed E-state index contributed by atoms with van der Waals surface area (Å²) in [5.74, 6) is 0.0710. The average Bonchev–Trinajstić information content (AvgIpc) is 2.64. The van der Waals surface area contributed by atoms with Gasteiger partial charge in [-0.3, -0.25) is 4.99 Å². The third kappa shape index (κ3) is 4.15. The number of phenols is 1. The number of rotatable bonds is 4. The molecule has 0 aromatic heterocycles. The molecule has 2 aromatic rings. The lowest BCUT2D eigenvalue weighted by atomic mass is 10.2. The molecule has 1 heterocycles. The number of nitrogens with zero attached hydrogens (tertiary/aromatic N) is 2. The van der Waals surface area contributed by atoms with Gasteiger partial charge in [-0.1, -0.05) is 22.0 Å². The van der Waals surface area contributed by atoms with Crippen LogP contribution in [0.5, 0.6) is 5.75 Å². The summed E-state index contributed by atoms with van der Waals surface area (Å²) in [5, 5.41) is 9.94. The molecule has 0 atom stereocenters. The smallest absolute Gasteiger partial charge is 0.245 e. The first-order chi connectivity index (χ1) is 12.4. The predicted octanol–water partition coefficient (Wildman–Crippen LogP) is 3.23. The second-order valence-electron chi connectivity index (χ2n) is 5.95. The molecule has 138 valence electrons. The van der Waals surface area contributed by atoms with E-state index in [-0.39, 0.29) is 10.6 Å². The number of benzene rings is 2. The molecule has 0 bridgehead atoms. The Bertz CT molecular complexity index is 938. The number of hydrogen-bond donors (Lipinski definition) is 1. The van der Waals surface area contributed by atoms with Gasteiger partial charge >= 0.3 is 0 Å². The van der Waals surface area contributed by atoms with Crippen LogP contribution in [0.25, 0.3) is 0 Å². The van der Waals surface area contributed by atoms with Crippen molar-refractivity contribution in [3.8, 4) is 5.75 Å². The minimum atomic E-state index is -3.67. The van der Waals surface area contributed by atoms with Crippen molar-refractivity contribution >= 4 is 37.9 Å². The van der Waals surface area contributed by atoms with Gasteiger partial charge in [-0.25, -0.2) is 8.42 Å². The van der Waals surface area contributed by atoms with Gasteiger partial charge in [0, 0.05) is 29.3 Å². The molecule has 0 saturated carbocycles. The van der Waals surface area contributed by atoms with E-state index in [0.717, 1.165) is 10.0 Å². The number of ether oxygens (including phenoxy) is 1. The molecule has 0 unspecified atom stereocenters. The summed E-state index contributed by atoms with van der Waals surface area (Å²) in [4.78, 5) is 4.50. The predicted molar refractivity (Wildman–Crippen MR) is 104 cm³/mol.